The highest BCUT2D eigenvalue weighted by Crippen LogP contribution is 2.37. The number of hydrogen-bond donors (Lipinski definition) is 1. The number of morpholine rings is 1. The van der Waals surface area contributed by atoms with Crippen molar-refractivity contribution in [1.29, 1.82) is 0 Å². The molecule has 1 aromatic carbocycles. The van der Waals surface area contributed by atoms with Gasteiger partial charge in [0.2, 0.25) is 5.79 Å². The second-order valence-corrected chi connectivity index (χ2v) is 7.57. The Morgan fingerprint density at radius 2 is 1.93 bits per heavy atom. The predicted octanol–water partition coefficient (Wildman–Crippen LogP) is 2.32. The van der Waals surface area contributed by atoms with Gasteiger partial charge >= 0.3 is 0 Å². The lowest BCUT2D eigenvalue weighted by Crippen LogP contribution is -2.67. The number of aliphatic hydroxyl groups is 1. The molecule has 0 radical (unpaired) electrons. The van der Waals surface area contributed by atoms with Crippen LogP contribution in [0.25, 0.3) is 0 Å². The molecule has 27 heavy (non-hydrogen) atoms. The highest BCUT2D eigenvalue weighted by Gasteiger charge is 2.53. The summed E-state index contributed by atoms with van der Waals surface area (Å²) in [5.74, 6) is -2.92. The van der Waals surface area contributed by atoms with E-state index in [1.807, 2.05) is 6.92 Å². The van der Waals surface area contributed by atoms with Crippen LogP contribution in [0, 0.1) is 11.6 Å². The van der Waals surface area contributed by atoms with Gasteiger partial charge in [-0.1, -0.05) is 6.92 Å². The van der Waals surface area contributed by atoms with Gasteiger partial charge in [-0.3, -0.25) is 4.79 Å². The Kier molecular flexibility index (Phi) is 5.84. The minimum Gasteiger partial charge on any atom is -0.358 e. The second kappa shape index (κ2) is 7.81. The van der Waals surface area contributed by atoms with Gasteiger partial charge in [-0.05, 0) is 49.9 Å². The molecule has 2 aliphatic rings. The molecule has 1 atom stereocenters. The average molecular weight is 382 g/mol. The number of piperidine rings is 1. The normalized spacial score (nSPS) is 26.0. The molecule has 7 heteroatoms. The molecule has 2 fully saturated rings. The zero-order chi connectivity index (χ0) is 19.7. The van der Waals surface area contributed by atoms with Crippen LogP contribution < -0.4 is 0 Å². The maximum absolute atomic E-state index is 13.8. The summed E-state index contributed by atoms with van der Waals surface area (Å²) >= 11 is 0. The highest BCUT2D eigenvalue weighted by atomic mass is 19.1. The summed E-state index contributed by atoms with van der Waals surface area (Å²) < 4.78 is 33.1. The van der Waals surface area contributed by atoms with Gasteiger partial charge in [0.1, 0.15) is 11.6 Å². The molecule has 2 saturated heterocycles. The Balaban J connectivity index is 1.60. The predicted molar refractivity (Wildman–Crippen MR) is 97.0 cm³/mol. The van der Waals surface area contributed by atoms with E-state index in [-0.39, 0.29) is 18.1 Å². The lowest BCUT2D eigenvalue weighted by Gasteiger charge is -2.52. The molecule has 1 N–H and O–H groups in total. The summed E-state index contributed by atoms with van der Waals surface area (Å²) in [6.45, 7) is 6.74. The molecule has 0 bridgehead atoms. The first-order valence-corrected chi connectivity index (χ1v) is 9.69. The lowest BCUT2D eigenvalue weighted by molar-refractivity contribution is -0.292. The summed E-state index contributed by atoms with van der Waals surface area (Å²) in [7, 11) is 0. The van der Waals surface area contributed by atoms with Crippen LogP contribution in [0.3, 0.4) is 0 Å². The molecule has 0 saturated carbocycles. The van der Waals surface area contributed by atoms with Crippen molar-refractivity contribution in [3.8, 4) is 0 Å². The number of ether oxygens (including phenoxy) is 1. The van der Waals surface area contributed by atoms with Crippen molar-refractivity contribution < 1.29 is 23.4 Å². The van der Waals surface area contributed by atoms with Gasteiger partial charge in [0.25, 0.3) is 5.91 Å². The van der Waals surface area contributed by atoms with Crippen molar-refractivity contribution in [2.45, 2.75) is 50.9 Å². The van der Waals surface area contributed by atoms with E-state index < -0.39 is 17.2 Å². The van der Waals surface area contributed by atoms with Crippen LogP contribution in [0.2, 0.25) is 0 Å². The number of halogens is 2. The second-order valence-electron chi connectivity index (χ2n) is 7.57. The topological polar surface area (TPSA) is 53.0 Å². The number of likely N-dealkylation sites (tertiary alicyclic amines) is 1. The van der Waals surface area contributed by atoms with Crippen LogP contribution >= 0.6 is 0 Å². The Morgan fingerprint density at radius 3 is 2.56 bits per heavy atom. The van der Waals surface area contributed by atoms with Crippen molar-refractivity contribution >= 4 is 5.91 Å². The van der Waals surface area contributed by atoms with Crippen LogP contribution in [-0.4, -0.2) is 64.9 Å². The Hall–Kier alpha value is -1.57. The maximum atomic E-state index is 13.8. The number of benzene rings is 1. The molecule has 3 rings (SSSR count). The minimum atomic E-state index is -1.75. The molecule has 5 nitrogen and oxygen atoms in total. The van der Waals surface area contributed by atoms with E-state index in [2.05, 4.69) is 4.90 Å². The number of likely N-dealkylation sites (N-methyl/N-ethyl adjacent to an activating group) is 1. The molecule has 0 aromatic heterocycles. The number of carbonyl (C=O) groups is 1. The van der Waals surface area contributed by atoms with Gasteiger partial charge in [0, 0.05) is 32.6 Å². The van der Waals surface area contributed by atoms with Crippen LogP contribution in [-0.2, 0) is 16.0 Å². The lowest BCUT2D eigenvalue weighted by atomic mass is 9.87. The number of hydrogen-bond acceptors (Lipinski definition) is 4. The molecule has 1 aromatic rings. The Bertz CT molecular complexity index is 692. The molecule has 150 valence electrons. The fraction of sp³-hybridized carbons (Fsp3) is 0.650. The van der Waals surface area contributed by atoms with Crippen molar-refractivity contribution in [3.63, 3.8) is 0 Å². The first-order chi connectivity index (χ1) is 12.8. The SMILES string of the molecule is CCN1CC2(CCN(CCc3cc(F)ccc3F)CC2)OC(O)(CC)C1=O. The van der Waals surface area contributed by atoms with Gasteiger partial charge in [-0.25, -0.2) is 8.78 Å². The number of nitrogens with zero attached hydrogens (tertiary/aromatic N) is 2. The van der Waals surface area contributed by atoms with Crippen molar-refractivity contribution in [2.24, 2.45) is 0 Å². The summed E-state index contributed by atoms with van der Waals surface area (Å²) in [5.41, 5.74) is -0.165. The van der Waals surface area contributed by atoms with E-state index in [1.54, 1.807) is 11.8 Å². The highest BCUT2D eigenvalue weighted by molar-refractivity contribution is 5.84. The first kappa shape index (κ1) is 20.2. The molecular weight excluding hydrogens is 354 g/mol. The van der Waals surface area contributed by atoms with E-state index in [4.69, 9.17) is 4.74 Å². The van der Waals surface area contributed by atoms with E-state index in [0.717, 1.165) is 25.2 Å². The van der Waals surface area contributed by atoms with Crippen molar-refractivity contribution in [1.82, 2.24) is 9.80 Å². The zero-order valence-corrected chi connectivity index (χ0v) is 16.0. The van der Waals surface area contributed by atoms with E-state index in [1.165, 1.54) is 6.07 Å². The third-order valence-corrected chi connectivity index (χ3v) is 5.82. The van der Waals surface area contributed by atoms with Crippen LogP contribution in [0.4, 0.5) is 8.78 Å². The fourth-order valence-electron chi connectivity index (χ4n) is 4.04. The molecule has 1 amide bonds. The monoisotopic (exact) mass is 382 g/mol. The van der Waals surface area contributed by atoms with E-state index in [0.29, 0.717) is 44.5 Å². The summed E-state index contributed by atoms with van der Waals surface area (Å²) in [6, 6.07) is 3.53. The smallest absolute Gasteiger partial charge is 0.282 e. The van der Waals surface area contributed by atoms with Crippen molar-refractivity contribution in [2.75, 3.05) is 32.7 Å². The quantitative estimate of drug-likeness (QED) is 0.849. The molecule has 2 heterocycles. The molecule has 1 spiro atoms. The number of amides is 1. The summed E-state index contributed by atoms with van der Waals surface area (Å²) in [4.78, 5) is 16.3. The standard InChI is InChI=1S/C20H28F2N2O3/c1-3-20(26)18(25)24(4-2)14-19(27-20)8-11-23(12-9-19)10-7-15-13-16(21)5-6-17(15)22/h5-6,13,26H,3-4,7-12,14H2,1-2H3. The third-order valence-electron chi connectivity index (χ3n) is 5.82. The number of carbonyl (C=O) groups excluding carboxylic acids is 1. The van der Waals surface area contributed by atoms with Crippen LogP contribution in [0.1, 0.15) is 38.7 Å². The maximum Gasteiger partial charge on any atom is 0.282 e. The third kappa shape index (κ3) is 4.15. The average Bonchev–Trinajstić information content (AvgIpc) is 2.67. The van der Waals surface area contributed by atoms with Gasteiger partial charge in [0.05, 0.1) is 12.1 Å². The zero-order valence-electron chi connectivity index (χ0n) is 16.0. The molecule has 2 aliphatic heterocycles. The summed E-state index contributed by atoms with van der Waals surface area (Å²) in [6.07, 6.45) is 2.03. The minimum absolute atomic E-state index is 0.215. The van der Waals surface area contributed by atoms with E-state index in [9.17, 15) is 18.7 Å². The first-order valence-electron chi connectivity index (χ1n) is 9.69. The fourth-order valence-corrected chi connectivity index (χ4v) is 4.04. The Morgan fingerprint density at radius 1 is 1.22 bits per heavy atom. The summed E-state index contributed by atoms with van der Waals surface area (Å²) in [5, 5.41) is 10.6. The molecule has 0 aliphatic carbocycles. The van der Waals surface area contributed by atoms with Crippen LogP contribution in [0.15, 0.2) is 18.2 Å². The molecular formula is C20H28F2N2O3. The van der Waals surface area contributed by atoms with Gasteiger partial charge < -0.3 is 19.6 Å². The van der Waals surface area contributed by atoms with Gasteiger partial charge in [-0.15, -0.1) is 0 Å². The molecule has 1 unspecified atom stereocenters. The van der Waals surface area contributed by atoms with Gasteiger partial charge in [-0.2, -0.15) is 0 Å². The van der Waals surface area contributed by atoms with E-state index >= 15 is 0 Å². The van der Waals surface area contributed by atoms with Gasteiger partial charge in [0.15, 0.2) is 0 Å². The Labute approximate surface area is 158 Å². The van der Waals surface area contributed by atoms with Crippen molar-refractivity contribution in [3.05, 3.63) is 35.4 Å². The number of rotatable bonds is 5. The largest absolute Gasteiger partial charge is 0.358 e. The van der Waals surface area contributed by atoms with Crippen LogP contribution in [0.5, 0.6) is 0 Å².